The van der Waals surface area contributed by atoms with E-state index in [2.05, 4.69) is 10.6 Å². The van der Waals surface area contributed by atoms with Crippen molar-refractivity contribution in [1.82, 2.24) is 5.32 Å². The summed E-state index contributed by atoms with van der Waals surface area (Å²) in [5, 5.41) is 5.01. The van der Waals surface area contributed by atoms with E-state index >= 15 is 0 Å². The lowest BCUT2D eigenvalue weighted by molar-refractivity contribution is -0.118. The molecule has 0 fully saturated rings. The Morgan fingerprint density at radius 3 is 2.32 bits per heavy atom. The van der Waals surface area contributed by atoms with Crippen LogP contribution in [0, 0.1) is 13.8 Å². The summed E-state index contributed by atoms with van der Waals surface area (Å²) < 4.78 is 11.4. The van der Waals surface area contributed by atoms with Crippen LogP contribution in [-0.2, 0) is 4.79 Å². The van der Waals surface area contributed by atoms with Gasteiger partial charge in [0.1, 0.15) is 17.2 Å². The number of anilines is 1. The quantitative estimate of drug-likeness (QED) is 0.593. The summed E-state index contributed by atoms with van der Waals surface area (Å²) in [6, 6.07) is 17.3. The Balaban J connectivity index is 1.39. The SMILES string of the molecule is Cc1cc(C)cc(OCC(=O)Nc2cccc(Oc3ccc4c(c3)C(=O)NC4=O)c2)c1. The summed E-state index contributed by atoms with van der Waals surface area (Å²) >= 11 is 0. The van der Waals surface area contributed by atoms with E-state index in [9.17, 15) is 14.4 Å². The third kappa shape index (κ3) is 4.72. The predicted molar refractivity (Wildman–Crippen MR) is 115 cm³/mol. The van der Waals surface area contributed by atoms with Gasteiger partial charge in [0.25, 0.3) is 17.7 Å². The van der Waals surface area contributed by atoms with Crippen molar-refractivity contribution >= 4 is 23.4 Å². The maximum absolute atomic E-state index is 12.3. The average Bonchev–Trinajstić information content (AvgIpc) is 2.99. The molecule has 0 atom stereocenters. The molecule has 0 saturated heterocycles. The summed E-state index contributed by atoms with van der Waals surface area (Å²) in [4.78, 5) is 35.7. The van der Waals surface area contributed by atoms with Crippen molar-refractivity contribution in [3.05, 3.63) is 82.9 Å². The van der Waals surface area contributed by atoms with Gasteiger partial charge in [-0.25, -0.2) is 0 Å². The van der Waals surface area contributed by atoms with E-state index in [0.717, 1.165) is 11.1 Å². The van der Waals surface area contributed by atoms with Gasteiger partial charge in [-0.2, -0.15) is 0 Å². The van der Waals surface area contributed by atoms with Crippen molar-refractivity contribution in [2.75, 3.05) is 11.9 Å². The van der Waals surface area contributed by atoms with E-state index in [-0.39, 0.29) is 18.1 Å². The zero-order valence-corrected chi connectivity index (χ0v) is 17.0. The molecular formula is C24H20N2O5. The van der Waals surface area contributed by atoms with E-state index in [0.29, 0.717) is 28.5 Å². The van der Waals surface area contributed by atoms with E-state index in [4.69, 9.17) is 9.47 Å². The van der Waals surface area contributed by atoms with E-state index < -0.39 is 11.8 Å². The Morgan fingerprint density at radius 1 is 0.839 bits per heavy atom. The number of carbonyl (C=O) groups is 3. The van der Waals surface area contributed by atoms with Crippen LogP contribution in [0.4, 0.5) is 5.69 Å². The topological polar surface area (TPSA) is 93.7 Å². The molecule has 1 aliphatic rings. The van der Waals surface area contributed by atoms with E-state index in [1.807, 2.05) is 32.0 Å². The first kappa shape index (κ1) is 20.2. The largest absolute Gasteiger partial charge is 0.484 e. The van der Waals surface area contributed by atoms with Gasteiger partial charge in [-0.1, -0.05) is 12.1 Å². The maximum atomic E-state index is 12.3. The molecule has 1 aliphatic heterocycles. The minimum atomic E-state index is -0.449. The van der Waals surface area contributed by atoms with Crippen molar-refractivity contribution < 1.29 is 23.9 Å². The first-order valence-electron chi connectivity index (χ1n) is 9.66. The Morgan fingerprint density at radius 2 is 1.55 bits per heavy atom. The number of aryl methyl sites for hydroxylation is 2. The molecule has 0 spiro atoms. The van der Waals surface area contributed by atoms with Gasteiger partial charge >= 0.3 is 0 Å². The Bertz CT molecular complexity index is 1180. The van der Waals surface area contributed by atoms with Crippen LogP contribution in [0.15, 0.2) is 60.7 Å². The van der Waals surface area contributed by atoms with Crippen LogP contribution in [0.2, 0.25) is 0 Å². The first-order valence-corrected chi connectivity index (χ1v) is 9.66. The van der Waals surface area contributed by atoms with Crippen LogP contribution in [0.3, 0.4) is 0 Å². The molecule has 0 aromatic heterocycles. The molecule has 0 saturated carbocycles. The minimum absolute atomic E-state index is 0.123. The highest BCUT2D eigenvalue weighted by molar-refractivity contribution is 6.21. The molecule has 4 rings (SSSR count). The zero-order chi connectivity index (χ0) is 22.0. The second-order valence-electron chi connectivity index (χ2n) is 7.28. The third-order valence-corrected chi connectivity index (χ3v) is 4.63. The van der Waals surface area contributed by atoms with Crippen LogP contribution < -0.4 is 20.1 Å². The van der Waals surface area contributed by atoms with Gasteiger partial charge in [-0.05, 0) is 67.4 Å². The molecule has 2 N–H and O–H groups in total. The second kappa shape index (κ2) is 8.31. The van der Waals surface area contributed by atoms with Crippen LogP contribution in [0.1, 0.15) is 31.8 Å². The number of fused-ring (bicyclic) bond motifs is 1. The molecule has 3 aromatic rings. The average molecular weight is 416 g/mol. The highest BCUT2D eigenvalue weighted by Crippen LogP contribution is 2.28. The fraction of sp³-hybridized carbons (Fsp3) is 0.125. The second-order valence-corrected chi connectivity index (χ2v) is 7.28. The number of ether oxygens (including phenoxy) is 2. The Hall–Kier alpha value is -4.13. The van der Waals surface area contributed by atoms with E-state index in [1.54, 1.807) is 36.4 Å². The van der Waals surface area contributed by atoms with Gasteiger partial charge in [0, 0.05) is 11.8 Å². The van der Waals surface area contributed by atoms with Crippen LogP contribution in [0.5, 0.6) is 17.2 Å². The number of amides is 3. The lowest BCUT2D eigenvalue weighted by Crippen LogP contribution is -2.20. The van der Waals surface area contributed by atoms with Crippen LogP contribution in [-0.4, -0.2) is 24.3 Å². The molecule has 0 unspecified atom stereocenters. The summed E-state index contributed by atoms with van der Waals surface area (Å²) in [6.45, 7) is 3.81. The normalized spacial score (nSPS) is 12.2. The predicted octanol–water partition coefficient (Wildman–Crippen LogP) is 4.00. The molecule has 156 valence electrons. The third-order valence-electron chi connectivity index (χ3n) is 4.63. The van der Waals surface area contributed by atoms with Crippen LogP contribution >= 0.6 is 0 Å². The highest BCUT2D eigenvalue weighted by atomic mass is 16.5. The summed E-state index contributed by atoms with van der Waals surface area (Å²) in [5.74, 6) is 0.352. The fourth-order valence-corrected chi connectivity index (χ4v) is 3.35. The molecular weight excluding hydrogens is 396 g/mol. The number of carbonyl (C=O) groups excluding carboxylic acids is 3. The molecule has 1 heterocycles. The summed E-state index contributed by atoms with van der Waals surface area (Å²) in [7, 11) is 0. The molecule has 3 amide bonds. The lowest BCUT2D eigenvalue weighted by atomic mass is 10.1. The fourth-order valence-electron chi connectivity index (χ4n) is 3.35. The molecule has 7 nitrogen and oxygen atoms in total. The lowest BCUT2D eigenvalue weighted by Gasteiger charge is -2.11. The molecule has 31 heavy (non-hydrogen) atoms. The number of nitrogens with one attached hydrogen (secondary N) is 2. The van der Waals surface area contributed by atoms with Gasteiger partial charge in [0.2, 0.25) is 0 Å². The highest BCUT2D eigenvalue weighted by Gasteiger charge is 2.26. The Labute approximate surface area is 179 Å². The monoisotopic (exact) mass is 416 g/mol. The summed E-state index contributed by atoms with van der Waals surface area (Å²) in [6.07, 6.45) is 0. The van der Waals surface area contributed by atoms with Gasteiger partial charge in [-0.15, -0.1) is 0 Å². The summed E-state index contributed by atoms with van der Waals surface area (Å²) in [5.41, 5.74) is 3.26. The van der Waals surface area contributed by atoms with Gasteiger partial charge in [0.15, 0.2) is 6.61 Å². The van der Waals surface area contributed by atoms with Crippen molar-refractivity contribution in [1.29, 1.82) is 0 Å². The van der Waals surface area contributed by atoms with Gasteiger partial charge in [0.05, 0.1) is 11.1 Å². The van der Waals surface area contributed by atoms with Crippen LogP contribution in [0.25, 0.3) is 0 Å². The number of hydrogen-bond donors (Lipinski definition) is 2. The Kier molecular flexibility index (Phi) is 5.41. The van der Waals surface area contributed by atoms with Crippen molar-refractivity contribution in [3.8, 4) is 17.2 Å². The molecule has 3 aromatic carbocycles. The zero-order valence-electron chi connectivity index (χ0n) is 17.0. The maximum Gasteiger partial charge on any atom is 0.262 e. The molecule has 7 heteroatoms. The van der Waals surface area contributed by atoms with Gasteiger partial charge in [-0.3, -0.25) is 19.7 Å². The number of rotatable bonds is 6. The number of hydrogen-bond acceptors (Lipinski definition) is 5. The van der Waals surface area contributed by atoms with E-state index in [1.165, 1.54) is 6.07 Å². The first-order chi connectivity index (χ1) is 14.9. The molecule has 0 radical (unpaired) electrons. The standard InChI is InChI=1S/C24H20N2O5/c1-14-8-15(2)10-19(9-14)30-13-22(27)25-16-4-3-5-17(11-16)31-18-6-7-20-21(12-18)24(29)26-23(20)28/h3-12H,13H2,1-2H3,(H,25,27)(H,26,28,29). The smallest absolute Gasteiger partial charge is 0.262 e. The van der Waals surface area contributed by atoms with Crippen molar-refractivity contribution in [2.45, 2.75) is 13.8 Å². The number of imide groups is 1. The minimum Gasteiger partial charge on any atom is -0.484 e. The van der Waals surface area contributed by atoms with Crippen molar-refractivity contribution in [3.63, 3.8) is 0 Å². The molecule has 0 aliphatic carbocycles. The number of benzene rings is 3. The van der Waals surface area contributed by atoms with Crippen molar-refractivity contribution in [2.24, 2.45) is 0 Å². The van der Waals surface area contributed by atoms with Gasteiger partial charge < -0.3 is 14.8 Å². The molecule has 0 bridgehead atoms.